The van der Waals surface area contributed by atoms with Crippen LogP contribution in [0.2, 0.25) is 0 Å². The van der Waals surface area contributed by atoms with Gasteiger partial charge in [-0.25, -0.2) is 4.39 Å². The van der Waals surface area contributed by atoms with E-state index in [4.69, 9.17) is 0 Å². The zero-order chi connectivity index (χ0) is 10.2. The van der Waals surface area contributed by atoms with E-state index in [1.54, 1.807) is 0 Å². The molecule has 1 N–H and O–H groups in total. The summed E-state index contributed by atoms with van der Waals surface area (Å²) in [5, 5.41) is 11.4. The predicted molar refractivity (Wildman–Crippen MR) is 50.8 cm³/mol. The summed E-state index contributed by atoms with van der Waals surface area (Å²) < 4.78 is 14.4. The van der Waals surface area contributed by atoms with Crippen LogP contribution in [0.25, 0.3) is 0 Å². The van der Waals surface area contributed by atoms with Crippen LogP contribution in [0.1, 0.15) is 46.0 Å². The van der Waals surface area contributed by atoms with Crippen molar-refractivity contribution in [3.05, 3.63) is 0 Å². The van der Waals surface area contributed by atoms with Gasteiger partial charge in [-0.05, 0) is 38.0 Å². The molecule has 0 aromatic carbocycles. The number of hydrogen-bond donors (Lipinski definition) is 1. The third kappa shape index (κ3) is 0.974. The van der Waals surface area contributed by atoms with Crippen molar-refractivity contribution in [1.29, 1.82) is 0 Å². The maximum atomic E-state index is 14.4. The minimum atomic E-state index is -0.996. The zero-order valence-corrected chi connectivity index (χ0v) is 8.89. The van der Waals surface area contributed by atoms with Crippen molar-refractivity contribution in [1.82, 2.24) is 5.06 Å². The van der Waals surface area contributed by atoms with Gasteiger partial charge in [0.05, 0.1) is 0 Å². The second-order valence-corrected chi connectivity index (χ2v) is 6.40. The van der Waals surface area contributed by atoms with E-state index in [1.807, 2.05) is 6.92 Å². The lowest BCUT2D eigenvalue weighted by Gasteiger charge is -2.65. The lowest BCUT2D eigenvalue weighted by Crippen LogP contribution is -2.70. The van der Waals surface area contributed by atoms with E-state index < -0.39 is 5.67 Å². The van der Waals surface area contributed by atoms with Crippen LogP contribution in [0.4, 0.5) is 4.39 Å². The number of alkyl halides is 1. The van der Waals surface area contributed by atoms with Gasteiger partial charge in [0.15, 0.2) is 0 Å². The van der Waals surface area contributed by atoms with Crippen molar-refractivity contribution in [2.45, 2.75) is 63.2 Å². The second kappa shape index (κ2) is 2.17. The Bertz CT molecular complexity index is 275. The van der Waals surface area contributed by atoms with Crippen molar-refractivity contribution in [3.63, 3.8) is 0 Å². The van der Waals surface area contributed by atoms with Crippen LogP contribution in [0.3, 0.4) is 0 Å². The molecule has 2 saturated carbocycles. The van der Waals surface area contributed by atoms with Gasteiger partial charge in [0.25, 0.3) is 0 Å². The van der Waals surface area contributed by atoms with E-state index in [0.717, 1.165) is 12.8 Å². The maximum absolute atomic E-state index is 14.4. The molecule has 4 fully saturated rings. The molecule has 14 heavy (non-hydrogen) atoms. The van der Waals surface area contributed by atoms with Gasteiger partial charge in [-0.2, -0.15) is 5.06 Å². The van der Waals surface area contributed by atoms with Gasteiger partial charge in [-0.15, -0.1) is 0 Å². The Kier molecular flexibility index (Phi) is 1.41. The number of hydroxylamine groups is 2. The Balaban J connectivity index is 2.06. The van der Waals surface area contributed by atoms with E-state index in [2.05, 4.69) is 6.92 Å². The third-order valence-corrected chi connectivity index (χ3v) is 4.48. The van der Waals surface area contributed by atoms with Gasteiger partial charge in [-0.3, -0.25) is 0 Å². The monoisotopic (exact) mass is 199 g/mol. The van der Waals surface area contributed by atoms with Gasteiger partial charge in [0, 0.05) is 18.0 Å². The Labute approximate surface area is 84.0 Å². The first-order chi connectivity index (χ1) is 6.34. The number of nitrogens with zero attached hydrogens (tertiary/aromatic N) is 1. The van der Waals surface area contributed by atoms with E-state index >= 15 is 0 Å². The van der Waals surface area contributed by atoms with E-state index in [-0.39, 0.29) is 17.0 Å². The molecule has 80 valence electrons. The number of halogens is 1. The Morgan fingerprint density at radius 1 is 1.21 bits per heavy atom. The van der Waals surface area contributed by atoms with Crippen molar-refractivity contribution in [2.75, 3.05) is 0 Å². The minimum absolute atomic E-state index is 0.0613. The summed E-state index contributed by atoms with van der Waals surface area (Å²) in [5.41, 5.74) is -1.17. The largest absolute Gasteiger partial charge is 0.313 e. The molecule has 4 rings (SSSR count). The highest BCUT2D eigenvalue weighted by atomic mass is 19.1. The van der Waals surface area contributed by atoms with E-state index in [0.29, 0.717) is 19.3 Å². The lowest BCUT2D eigenvalue weighted by atomic mass is 9.51. The third-order valence-electron chi connectivity index (χ3n) is 4.48. The first-order valence-corrected chi connectivity index (χ1v) is 5.52. The summed E-state index contributed by atoms with van der Waals surface area (Å²) in [6, 6.07) is 0.0613. The average molecular weight is 199 g/mol. The van der Waals surface area contributed by atoms with Crippen LogP contribution in [-0.4, -0.2) is 27.5 Å². The fraction of sp³-hybridized carbons (Fsp3) is 1.00. The molecule has 0 radical (unpaired) electrons. The SMILES string of the molecule is CC12CC3CC(F)(C1)CC(C)(C2)N3O. The number of rotatable bonds is 0. The fourth-order valence-electron chi connectivity index (χ4n) is 4.68. The summed E-state index contributed by atoms with van der Waals surface area (Å²) in [5.74, 6) is 0. The van der Waals surface area contributed by atoms with Gasteiger partial charge in [-0.1, -0.05) is 6.92 Å². The molecule has 0 aromatic heterocycles. The average Bonchev–Trinajstić information content (AvgIpc) is 1.94. The molecule has 2 saturated heterocycles. The molecule has 4 aliphatic rings. The van der Waals surface area contributed by atoms with Crippen LogP contribution < -0.4 is 0 Å². The summed E-state index contributed by atoms with van der Waals surface area (Å²) in [6.45, 7) is 4.18. The molecule has 0 aromatic rings. The van der Waals surface area contributed by atoms with Crippen molar-refractivity contribution >= 4 is 0 Å². The van der Waals surface area contributed by atoms with Crippen molar-refractivity contribution < 1.29 is 9.60 Å². The fourth-order valence-corrected chi connectivity index (χ4v) is 4.68. The lowest BCUT2D eigenvalue weighted by molar-refractivity contribution is -0.304. The van der Waals surface area contributed by atoms with Gasteiger partial charge >= 0.3 is 0 Å². The smallest absolute Gasteiger partial charge is 0.115 e. The molecular formula is C11H18FNO. The predicted octanol–water partition coefficient (Wildman–Crippen LogP) is 2.51. The van der Waals surface area contributed by atoms with Gasteiger partial charge < -0.3 is 5.21 Å². The summed E-state index contributed by atoms with van der Waals surface area (Å²) >= 11 is 0. The van der Waals surface area contributed by atoms with Crippen molar-refractivity contribution in [2.24, 2.45) is 5.41 Å². The minimum Gasteiger partial charge on any atom is -0.313 e. The number of piperidine rings is 2. The van der Waals surface area contributed by atoms with E-state index in [9.17, 15) is 9.60 Å². The molecule has 2 nitrogen and oxygen atoms in total. The molecule has 4 bridgehead atoms. The zero-order valence-electron chi connectivity index (χ0n) is 8.89. The highest BCUT2D eigenvalue weighted by molar-refractivity contribution is 5.15. The summed E-state index contributed by atoms with van der Waals surface area (Å²) in [4.78, 5) is 0. The van der Waals surface area contributed by atoms with Crippen molar-refractivity contribution in [3.8, 4) is 0 Å². The Hall–Kier alpha value is -0.150. The Morgan fingerprint density at radius 3 is 2.50 bits per heavy atom. The normalized spacial score (nSPS) is 62.1. The topological polar surface area (TPSA) is 23.5 Å². The van der Waals surface area contributed by atoms with Crippen LogP contribution in [0, 0.1) is 5.41 Å². The van der Waals surface area contributed by atoms with Crippen LogP contribution in [0.5, 0.6) is 0 Å². The maximum Gasteiger partial charge on any atom is 0.115 e. The van der Waals surface area contributed by atoms with Gasteiger partial charge in [0.2, 0.25) is 0 Å². The molecule has 2 aliphatic carbocycles. The Morgan fingerprint density at radius 2 is 1.93 bits per heavy atom. The van der Waals surface area contributed by atoms with Gasteiger partial charge in [0.1, 0.15) is 5.67 Å². The van der Waals surface area contributed by atoms with E-state index in [1.165, 1.54) is 5.06 Å². The summed E-state index contributed by atoms with van der Waals surface area (Å²) in [6.07, 6.45) is 3.67. The molecular weight excluding hydrogens is 181 g/mol. The highest BCUT2D eigenvalue weighted by Gasteiger charge is 2.64. The van der Waals surface area contributed by atoms with Crippen LogP contribution in [0.15, 0.2) is 0 Å². The molecule has 0 amide bonds. The molecule has 2 aliphatic heterocycles. The highest BCUT2D eigenvalue weighted by Crippen LogP contribution is 2.62. The van der Waals surface area contributed by atoms with Crippen LogP contribution >= 0.6 is 0 Å². The molecule has 0 spiro atoms. The first-order valence-electron chi connectivity index (χ1n) is 5.52. The number of hydrogen-bond acceptors (Lipinski definition) is 2. The summed E-state index contributed by atoms with van der Waals surface area (Å²) in [7, 11) is 0. The van der Waals surface area contributed by atoms with Crippen LogP contribution in [-0.2, 0) is 0 Å². The molecule has 3 heteroatoms. The quantitative estimate of drug-likeness (QED) is 0.648. The molecule has 4 unspecified atom stereocenters. The second-order valence-electron chi connectivity index (χ2n) is 6.40. The molecule has 2 heterocycles. The molecule has 4 atom stereocenters. The standard InChI is InChI=1S/C11H18FNO/c1-9-3-8-4-11(12,6-9)7-10(2,5-9)13(8)14/h8,14H,3-7H2,1-2H3. The first kappa shape index (κ1) is 9.10.